The van der Waals surface area contributed by atoms with E-state index in [-0.39, 0.29) is 22.9 Å². The molecule has 8 heteroatoms. The van der Waals surface area contributed by atoms with Crippen molar-refractivity contribution in [3.8, 4) is 5.75 Å². The van der Waals surface area contributed by atoms with Crippen molar-refractivity contribution in [3.63, 3.8) is 0 Å². The molecule has 172 valence electrons. The monoisotopic (exact) mass is 457 g/mol. The molecule has 2 aromatic carbocycles. The molecule has 1 aliphatic carbocycles. The summed E-state index contributed by atoms with van der Waals surface area (Å²) >= 11 is 0. The molecular weight excluding hydrogens is 426 g/mol. The van der Waals surface area contributed by atoms with Crippen molar-refractivity contribution < 1.29 is 17.9 Å². The molecule has 1 N–H and O–H groups in total. The number of likely N-dealkylation sites (tertiary alicyclic amines) is 1. The lowest BCUT2D eigenvalue weighted by Gasteiger charge is -2.38. The first-order chi connectivity index (χ1) is 15.4. The van der Waals surface area contributed by atoms with E-state index in [1.165, 1.54) is 12.1 Å². The third kappa shape index (κ3) is 5.07. The second kappa shape index (κ2) is 9.50. The summed E-state index contributed by atoms with van der Waals surface area (Å²) in [5.74, 6) is 0.578. The van der Waals surface area contributed by atoms with Gasteiger partial charge < -0.3 is 14.5 Å². The van der Waals surface area contributed by atoms with Crippen LogP contribution in [0.3, 0.4) is 0 Å². The Hall–Kier alpha value is -2.58. The van der Waals surface area contributed by atoms with Crippen molar-refractivity contribution >= 4 is 21.6 Å². The van der Waals surface area contributed by atoms with Crippen LogP contribution in [0.25, 0.3) is 0 Å². The molecule has 0 aromatic heterocycles. The van der Waals surface area contributed by atoms with Crippen molar-refractivity contribution in [2.45, 2.75) is 49.6 Å². The van der Waals surface area contributed by atoms with Crippen molar-refractivity contribution in [3.05, 3.63) is 54.1 Å². The van der Waals surface area contributed by atoms with Crippen LogP contribution in [-0.2, 0) is 10.0 Å². The number of rotatable bonds is 8. The number of nitrogens with one attached hydrogen (secondary N) is 1. The van der Waals surface area contributed by atoms with Gasteiger partial charge in [0.2, 0.25) is 0 Å². The van der Waals surface area contributed by atoms with Crippen LogP contribution in [-0.4, -0.2) is 63.0 Å². The van der Waals surface area contributed by atoms with Gasteiger partial charge in [0.1, 0.15) is 5.75 Å². The number of hydrogen-bond donors (Lipinski definition) is 1. The number of amides is 1. The number of hydrogen-bond acceptors (Lipinski definition) is 5. The van der Waals surface area contributed by atoms with E-state index >= 15 is 0 Å². The Morgan fingerprint density at radius 1 is 1.06 bits per heavy atom. The fourth-order valence-electron chi connectivity index (χ4n) is 4.31. The topological polar surface area (TPSA) is 79.0 Å². The quantitative estimate of drug-likeness (QED) is 0.655. The number of carbonyl (C=O) groups excluding carboxylic acids is 1. The predicted octanol–water partition coefficient (Wildman–Crippen LogP) is 3.58. The van der Waals surface area contributed by atoms with Crippen LogP contribution in [0.1, 0.15) is 43.0 Å². The van der Waals surface area contributed by atoms with E-state index in [0.29, 0.717) is 17.0 Å². The van der Waals surface area contributed by atoms with Crippen molar-refractivity contribution in [1.82, 2.24) is 9.80 Å². The lowest BCUT2D eigenvalue weighted by Crippen LogP contribution is -2.48. The largest absolute Gasteiger partial charge is 0.497 e. The average Bonchev–Trinajstić information content (AvgIpc) is 3.65. The standard InChI is InChI=1S/C24H31N3O4S/c1-3-26-15-13-21(14-16-26)27(20-9-10-20)24(28)18-5-4-6-23(17-18)32(29,30)25-19-7-11-22(31-2)12-8-19/h4-8,11-12,17,20-21,25H,3,9-10,13-16H2,1-2H3. The molecule has 1 heterocycles. The first-order valence-electron chi connectivity index (χ1n) is 11.2. The molecule has 0 spiro atoms. The molecule has 1 saturated heterocycles. The number of piperidine rings is 1. The van der Waals surface area contributed by atoms with Gasteiger partial charge in [-0.2, -0.15) is 0 Å². The molecule has 1 aliphatic heterocycles. The Bertz CT molecular complexity index is 1040. The highest BCUT2D eigenvalue weighted by Gasteiger charge is 2.39. The second-order valence-electron chi connectivity index (χ2n) is 8.47. The number of sulfonamides is 1. The number of ether oxygens (including phenoxy) is 1. The van der Waals surface area contributed by atoms with Crippen molar-refractivity contribution in [2.24, 2.45) is 0 Å². The molecule has 0 bridgehead atoms. The van der Waals surface area contributed by atoms with Crippen LogP contribution in [0.2, 0.25) is 0 Å². The van der Waals surface area contributed by atoms with E-state index in [4.69, 9.17) is 4.74 Å². The summed E-state index contributed by atoms with van der Waals surface area (Å²) in [6.07, 6.45) is 3.98. The fourth-order valence-corrected chi connectivity index (χ4v) is 5.42. The summed E-state index contributed by atoms with van der Waals surface area (Å²) in [5.41, 5.74) is 0.859. The van der Waals surface area contributed by atoms with Gasteiger partial charge in [0.05, 0.1) is 12.0 Å². The minimum absolute atomic E-state index is 0.0658. The molecular formula is C24H31N3O4S. The summed E-state index contributed by atoms with van der Waals surface area (Å²) in [6, 6.07) is 13.5. The zero-order valence-electron chi connectivity index (χ0n) is 18.7. The van der Waals surface area contributed by atoms with Crippen LogP contribution >= 0.6 is 0 Å². The smallest absolute Gasteiger partial charge is 0.261 e. The summed E-state index contributed by atoms with van der Waals surface area (Å²) in [7, 11) is -2.27. The fraction of sp³-hybridized carbons (Fsp3) is 0.458. The van der Waals surface area contributed by atoms with Gasteiger partial charge in [-0.25, -0.2) is 8.42 Å². The Morgan fingerprint density at radius 2 is 1.72 bits per heavy atom. The normalized spacial score (nSPS) is 17.7. The molecule has 32 heavy (non-hydrogen) atoms. The lowest BCUT2D eigenvalue weighted by atomic mass is 10.0. The van der Waals surface area contributed by atoms with Crippen molar-refractivity contribution in [2.75, 3.05) is 31.5 Å². The number of nitrogens with zero attached hydrogens (tertiary/aromatic N) is 2. The Labute approximate surface area is 190 Å². The van der Waals surface area contributed by atoms with Gasteiger partial charge in [-0.05, 0) is 74.7 Å². The maximum absolute atomic E-state index is 13.5. The summed E-state index contributed by atoms with van der Waals surface area (Å²) in [6.45, 7) is 5.19. The Balaban J connectivity index is 1.52. The van der Waals surface area contributed by atoms with Gasteiger partial charge in [0.15, 0.2) is 0 Å². The highest BCUT2D eigenvalue weighted by Crippen LogP contribution is 2.33. The zero-order valence-corrected chi connectivity index (χ0v) is 19.5. The molecule has 2 aromatic rings. The third-order valence-electron chi connectivity index (χ3n) is 6.31. The third-order valence-corrected chi connectivity index (χ3v) is 7.68. The van der Waals surface area contributed by atoms with E-state index in [1.807, 2.05) is 4.90 Å². The first-order valence-corrected chi connectivity index (χ1v) is 12.7. The van der Waals surface area contributed by atoms with Crippen LogP contribution in [0.15, 0.2) is 53.4 Å². The van der Waals surface area contributed by atoms with Gasteiger partial charge in [0, 0.05) is 36.4 Å². The van der Waals surface area contributed by atoms with Crippen molar-refractivity contribution in [1.29, 1.82) is 0 Å². The summed E-state index contributed by atoms with van der Waals surface area (Å²) in [5, 5.41) is 0. The van der Waals surface area contributed by atoms with E-state index in [2.05, 4.69) is 16.5 Å². The molecule has 0 unspecified atom stereocenters. The maximum atomic E-state index is 13.5. The Morgan fingerprint density at radius 3 is 2.31 bits per heavy atom. The van der Waals surface area contributed by atoms with Gasteiger partial charge >= 0.3 is 0 Å². The molecule has 4 rings (SSSR count). The molecule has 1 saturated carbocycles. The zero-order chi connectivity index (χ0) is 22.7. The number of anilines is 1. The van der Waals surface area contributed by atoms with Gasteiger partial charge in [-0.1, -0.05) is 13.0 Å². The SMILES string of the molecule is CCN1CCC(N(C(=O)c2cccc(S(=O)(=O)Nc3ccc(OC)cc3)c2)C2CC2)CC1. The van der Waals surface area contributed by atoms with E-state index in [9.17, 15) is 13.2 Å². The first kappa shape index (κ1) is 22.6. The maximum Gasteiger partial charge on any atom is 0.261 e. The van der Waals surface area contributed by atoms with E-state index in [0.717, 1.165) is 45.3 Å². The average molecular weight is 458 g/mol. The van der Waals surface area contributed by atoms with Crippen LogP contribution in [0.5, 0.6) is 5.75 Å². The lowest BCUT2D eigenvalue weighted by molar-refractivity contribution is 0.0554. The minimum Gasteiger partial charge on any atom is -0.497 e. The highest BCUT2D eigenvalue weighted by atomic mass is 32.2. The summed E-state index contributed by atoms with van der Waals surface area (Å²) in [4.78, 5) is 18.0. The number of carbonyl (C=O) groups is 1. The van der Waals surface area contributed by atoms with Crippen LogP contribution in [0.4, 0.5) is 5.69 Å². The van der Waals surface area contributed by atoms with Crippen LogP contribution < -0.4 is 9.46 Å². The van der Waals surface area contributed by atoms with E-state index < -0.39 is 10.0 Å². The molecule has 0 radical (unpaired) electrons. The van der Waals surface area contributed by atoms with E-state index in [1.54, 1.807) is 43.5 Å². The second-order valence-corrected chi connectivity index (χ2v) is 10.2. The molecule has 1 amide bonds. The van der Waals surface area contributed by atoms with Crippen LogP contribution in [0, 0.1) is 0 Å². The Kier molecular flexibility index (Phi) is 6.71. The number of methoxy groups -OCH3 is 1. The molecule has 2 fully saturated rings. The molecule has 7 nitrogen and oxygen atoms in total. The van der Waals surface area contributed by atoms with Gasteiger partial charge in [0.25, 0.3) is 15.9 Å². The van der Waals surface area contributed by atoms with Gasteiger partial charge in [-0.15, -0.1) is 0 Å². The minimum atomic E-state index is -3.82. The molecule has 0 atom stereocenters. The van der Waals surface area contributed by atoms with Gasteiger partial charge in [-0.3, -0.25) is 9.52 Å². The highest BCUT2D eigenvalue weighted by molar-refractivity contribution is 7.92. The molecule has 2 aliphatic rings. The number of benzene rings is 2. The predicted molar refractivity (Wildman–Crippen MR) is 125 cm³/mol. The summed E-state index contributed by atoms with van der Waals surface area (Å²) < 4.78 is 33.6.